The largest absolute Gasteiger partial charge is 0.481 e. The lowest BCUT2D eigenvalue weighted by Crippen LogP contribution is -2.58. The smallest absolute Gasteiger partial charge is 0.303 e. The fourth-order valence-corrected chi connectivity index (χ4v) is 5.78. The highest BCUT2D eigenvalue weighted by Gasteiger charge is 2.55. The highest BCUT2D eigenvalue weighted by Crippen LogP contribution is 2.60. The van der Waals surface area contributed by atoms with Crippen LogP contribution in [0.15, 0.2) is 0 Å². The van der Waals surface area contributed by atoms with Crippen molar-refractivity contribution < 1.29 is 19.5 Å². The van der Waals surface area contributed by atoms with Gasteiger partial charge < -0.3 is 15.7 Å². The Morgan fingerprint density at radius 2 is 1.58 bits per heavy atom. The summed E-state index contributed by atoms with van der Waals surface area (Å²) < 4.78 is 0. The minimum absolute atomic E-state index is 0.00710. The van der Waals surface area contributed by atoms with Crippen LogP contribution in [-0.4, -0.2) is 35.5 Å². The lowest BCUT2D eigenvalue weighted by atomic mass is 9.49. The molecule has 2 amide bonds. The number of carboxylic acid groups (broad SMARTS) is 1. The minimum atomic E-state index is -0.866. The van der Waals surface area contributed by atoms with Gasteiger partial charge in [-0.15, -0.1) is 0 Å². The Morgan fingerprint density at radius 3 is 2.04 bits per heavy atom. The molecule has 6 nitrogen and oxygen atoms in total. The zero-order valence-corrected chi connectivity index (χ0v) is 15.9. The quantitative estimate of drug-likeness (QED) is 0.576. The summed E-state index contributed by atoms with van der Waals surface area (Å²) in [4.78, 5) is 36.3. The molecule has 4 bridgehead atoms. The summed E-state index contributed by atoms with van der Waals surface area (Å²) in [6.45, 7) is 4.19. The number of carboxylic acids is 1. The van der Waals surface area contributed by atoms with Crippen LogP contribution in [0.1, 0.15) is 65.2 Å². The molecule has 4 saturated carbocycles. The molecule has 1 unspecified atom stereocenters. The molecule has 4 fully saturated rings. The molecule has 4 rings (SSSR count). The second-order valence-electron chi connectivity index (χ2n) is 9.18. The number of carbonyl (C=O) groups is 3. The van der Waals surface area contributed by atoms with Gasteiger partial charge in [0.25, 0.3) is 0 Å². The summed E-state index contributed by atoms with van der Waals surface area (Å²) in [7, 11) is 0. The number of hydrogen-bond acceptors (Lipinski definition) is 3. The molecule has 0 saturated heterocycles. The lowest BCUT2D eigenvalue weighted by molar-refractivity contribution is -0.149. The van der Waals surface area contributed by atoms with E-state index in [1.54, 1.807) is 0 Å². The van der Waals surface area contributed by atoms with Crippen molar-refractivity contribution in [1.82, 2.24) is 10.6 Å². The Bertz CT molecular complexity index is 537. The first-order valence-electron chi connectivity index (χ1n) is 10.1. The number of nitrogens with one attached hydrogen (secondary N) is 2. The number of rotatable bonds is 8. The summed E-state index contributed by atoms with van der Waals surface area (Å²) in [5.74, 6) is 1.06. The normalized spacial score (nSPS) is 33.1. The average molecular weight is 364 g/mol. The molecule has 1 atom stereocenters. The molecular formula is C20H32N2O4. The van der Waals surface area contributed by atoms with Gasteiger partial charge in [0.15, 0.2) is 0 Å². The zero-order chi connectivity index (χ0) is 18.9. The molecule has 4 aliphatic carbocycles. The monoisotopic (exact) mass is 364 g/mol. The second kappa shape index (κ2) is 7.57. The van der Waals surface area contributed by atoms with Crippen LogP contribution in [0.25, 0.3) is 0 Å². The highest BCUT2D eigenvalue weighted by atomic mass is 16.4. The molecule has 0 aromatic heterocycles. The maximum Gasteiger partial charge on any atom is 0.303 e. The van der Waals surface area contributed by atoms with Crippen molar-refractivity contribution in [3.8, 4) is 0 Å². The molecular weight excluding hydrogens is 332 g/mol. The lowest BCUT2D eigenvalue weighted by Gasteiger charge is -2.55. The predicted octanol–water partition coefficient (Wildman–Crippen LogP) is 2.32. The van der Waals surface area contributed by atoms with Crippen LogP contribution in [-0.2, 0) is 14.4 Å². The van der Waals surface area contributed by atoms with Crippen molar-refractivity contribution in [2.45, 2.75) is 71.3 Å². The maximum atomic E-state index is 13.2. The van der Waals surface area contributed by atoms with Crippen molar-refractivity contribution in [3.63, 3.8) is 0 Å². The molecule has 0 aromatic rings. The molecule has 0 aliphatic heterocycles. The summed E-state index contributed by atoms with van der Waals surface area (Å²) >= 11 is 0. The molecule has 4 aliphatic rings. The van der Waals surface area contributed by atoms with E-state index in [9.17, 15) is 14.4 Å². The number of hydrogen-bond donors (Lipinski definition) is 3. The zero-order valence-electron chi connectivity index (χ0n) is 15.9. The van der Waals surface area contributed by atoms with Gasteiger partial charge in [-0.2, -0.15) is 0 Å². The summed E-state index contributed by atoms with van der Waals surface area (Å²) in [5, 5.41) is 14.5. The SMILES string of the molecule is CC(C)C(NC(=O)C12CC3CC(CC(C3)C1)C2)C(=O)NCCCC(=O)O. The second-order valence-corrected chi connectivity index (χ2v) is 9.18. The van der Waals surface area contributed by atoms with E-state index in [4.69, 9.17) is 5.11 Å². The molecule has 0 heterocycles. The van der Waals surface area contributed by atoms with E-state index in [-0.39, 0.29) is 29.6 Å². The third-order valence-electron chi connectivity index (χ3n) is 6.62. The molecule has 26 heavy (non-hydrogen) atoms. The van der Waals surface area contributed by atoms with Crippen molar-refractivity contribution in [3.05, 3.63) is 0 Å². The van der Waals surface area contributed by atoms with E-state index >= 15 is 0 Å². The summed E-state index contributed by atoms with van der Waals surface area (Å²) in [6, 6.07) is -0.555. The first-order valence-corrected chi connectivity index (χ1v) is 10.1. The molecule has 0 radical (unpaired) electrons. The van der Waals surface area contributed by atoms with E-state index in [1.807, 2.05) is 13.8 Å². The minimum Gasteiger partial charge on any atom is -0.481 e. The Balaban J connectivity index is 1.58. The van der Waals surface area contributed by atoms with Crippen LogP contribution in [0.2, 0.25) is 0 Å². The Hall–Kier alpha value is -1.59. The predicted molar refractivity (Wildman–Crippen MR) is 97.3 cm³/mol. The fraction of sp³-hybridized carbons (Fsp3) is 0.850. The average Bonchev–Trinajstić information content (AvgIpc) is 2.54. The fourth-order valence-electron chi connectivity index (χ4n) is 5.78. The molecule has 0 spiro atoms. The van der Waals surface area contributed by atoms with Gasteiger partial charge in [-0.25, -0.2) is 0 Å². The Morgan fingerprint density at radius 1 is 1.04 bits per heavy atom. The van der Waals surface area contributed by atoms with Gasteiger partial charge in [-0.05, 0) is 68.6 Å². The van der Waals surface area contributed by atoms with Gasteiger partial charge in [-0.1, -0.05) is 13.8 Å². The van der Waals surface area contributed by atoms with Gasteiger partial charge >= 0.3 is 5.97 Å². The van der Waals surface area contributed by atoms with Crippen LogP contribution < -0.4 is 10.6 Å². The van der Waals surface area contributed by atoms with Crippen molar-refractivity contribution in [2.75, 3.05) is 6.54 Å². The Kier molecular flexibility index (Phi) is 5.58. The van der Waals surface area contributed by atoms with Crippen LogP contribution in [0.5, 0.6) is 0 Å². The molecule has 146 valence electrons. The van der Waals surface area contributed by atoms with Crippen molar-refractivity contribution >= 4 is 17.8 Å². The van der Waals surface area contributed by atoms with Crippen molar-refractivity contribution in [1.29, 1.82) is 0 Å². The van der Waals surface area contributed by atoms with E-state index in [2.05, 4.69) is 10.6 Å². The van der Waals surface area contributed by atoms with E-state index < -0.39 is 12.0 Å². The van der Waals surface area contributed by atoms with Crippen LogP contribution >= 0.6 is 0 Å². The number of aliphatic carboxylic acids is 1. The summed E-state index contributed by atoms with van der Waals surface area (Å²) in [6.07, 6.45) is 7.22. The standard InChI is InChI=1S/C20H32N2O4/c1-12(2)17(18(25)21-5-3-4-16(23)24)22-19(26)20-9-13-6-14(10-20)8-15(7-13)11-20/h12-15,17H,3-11H2,1-2H3,(H,21,25)(H,22,26)(H,23,24). The van der Waals surface area contributed by atoms with E-state index in [1.165, 1.54) is 19.3 Å². The first kappa shape index (κ1) is 19.2. The summed E-state index contributed by atoms with van der Waals surface area (Å²) in [5.41, 5.74) is -0.258. The van der Waals surface area contributed by atoms with Gasteiger partial charge in [0, 0.05) is 18.4 Å². The molecule has 3 N–H and O–H groups in total. The third-order valence-corrected chi connectivity index (χ3v) is 6.62. The highest BCUT2D eigenvalue weighted by molar-refractivity contribution is 5.90. The number of amides is 2. The van der Waals surface area contributed by atoms with Crippen molar-refractivity contribution in [2.24, 2.45) is 29.1 Å². The van der Waals surface area contributed by atoms with Crippen LogP contribution in [0.4, 0.5) is 0 Å². The van der Waals surface area contributed by atoms with Gasteiger partial charge in [-0.3, -0.25) is 14.4 Å². The van der Waals surface area contributed by atoms with Gasteiger partial charge in [0.2, 0.25) is 11.8 Å². The topological polar surface area (TPSA) is 95.5 Å². The van der Waals surface area contributed by atoms with E-state index in [0.29, 0.717) is 30.7 Å². The Labute approximate surface area is 155 Å². The van der Waals surface area contributed by atoms with Crippen LogP contribution in [0, 0.1) is 29.1 Å². The van der Waals surface area contributed by atoms with E-state index in [0.717, 1.165) is 19.3 Å². The third kappa shape index (κ3) is 4.04. The van der Waals surface area contributed by atoms with Gasteiger partial charge in [0.1, 0.15) is 6.04 Å². The number of carbonyl (C=O) groups excluding carboxylic acids is 2. The molecule has 6 heteroatoms. The first-order chi connectivity index (χ1) is 12.3. The maximum absolute atomic E-state index is 13.2. The molecule has 0 aromatic carbocycles. The van der Waals surface area contributed by atoms with Crippen LogP contribution in [0.3, 0.4) is 0 Å². The van der Waals surface area contributed by atoms with Gasteiger partial charge in [0.05, 0.1) is 0 Å².